The van der Waals surface area contributed by atoms with Crippen LogP contribution < -0.4 is 5.32 Å². The van der Waals surface area contributed by atoms with Crippen LogP contribution in [0.3, 0.4) is 0 Å². The Morgan fingerprint density at radius 1 is 1.44 bits per heavy atom. The highest BCUT2D eigenvalue weighted by Gasteiger charge is 2.14. The van der Waals surface area contributed by atoms with Crippen molar-refractivity contribution in [2.45, 2.75) is 39.7 Å². The molecule has 1 rings (SSSR count). The number of benzene rings is 1. The van der Waals surface area contributed by atoms with E-state index in [1.165, 1.54) is 6.07 Å². The third-order valence-electron chi connectivity index (χ3n) is 2.88. The van der Waals surface area contributed by atoms with Crippen LogP contribution in [0.2, 0.25) is 0 Å². The van der Waals surface area contributed by atoms with E-state index < -0.39 is 6.10 Å². The minimum atomic E-state index is -0.676. The number of rotatable bonds is 5. The molecule has 0 saturated heterocycles. The smallest absolute Gasteiger partial charge is 0.226 e. The lowest BCUT2D eigenvalue weighted by atomic mass is 10.0. The van der Waals surface area contributed by atoms with Gasteiger partial charge in [0, 0.05) is 5.69 Å². The summed E-state index contributed by atoms with van der Waals surface area (Å²) in [5.41, 5.74) is 1.04. The van der Waals surface area contributed by atoms with E-state index in [9.17, 15) is 14.3 Å². The fourth-order valence-electron chi connectivity index (χ4n) is 1.55. The molecule has 0 aliphatic rings. The molecule has 2 N–H and O–H groups in total. The van der Waals surface area contributed by atoms with E-state index in [4.69, 9.17) is 0 Å². The molecule has 1 unspecified atom stereocenters. The maximum atomic E-state index is 13.5. The number of hydrogen-bond acceptors (Lipinski definition) is 2. The topological polar surface area (TPSA) is 49.3 Å². The lowest BCUT2D eigenvalue weighted by molar-refractivity contribution is -0.118. The molecular formula is C14H20FNO2. The van der Waals surface area contributed by atoms with E-state index in [1.54, 1.807) is 12.1 Å². The Morgan fingerprint density at radius 2 is 2.11 bits per heavy atom. The number of aliphatic hydroxyl groups is 1. The Labute approximate surface area is 107 Å². The second-order valence-electron chi connectivity index (χ2n) is 4.72. The van der Waals surface area contributed by atoms with E-state index in [0.29, 0.717) is 17.7 Å². The van der Waals surface area contributed by atoms with Gasteiger partial charge in [0.25, 0.3) is 0 Å². The van der Waals surface area contributed by atoms with Gasteiger partial charge in [0.2, 0.25) is 5.91 Å². The fraction of sp³-hybridized carbons (Fsp3) is 0.500. The normalized spacial score (nSPS) is 12.6. The predicted molar refractivity (Wildman–Crippen MR) is 69.9 cm³/mol. The molecule has 100 valence electrons. The van der Waals surface area contributed by atoms with Crippen molar-refractivity contribution in [3.05, 3.63) is 29.6 Å². The van der Waals surface area contributed by atoms with Crippen LogP contribution in [0.5, 0.6) is 0 Å². The number of aliphatic hydroxyl groups excluding tert-OH is 1. The first-order chi connectivity index (χ1) is 8.43. The van der Waals surface area contributed by atoms with Crippen LogP contribution in [-0.4, -0.2) is 17.1 Å². The molecule has 0 heterocycles. The summed E-state index contributed by atoms with van der Waals surface area (Å²) in [4.78, 5) is 11.6. The van der Waals surface area contributed by atoms with E-state index in [0.717, 1.165) is 0 Å². The molecule has 3 nitrogen and oxygen atoms in total. The predicted octanol–water partition coefficient (Wildman–Crippen LogP) is 2.73. The van der Waals surface area contributed by atoms with Crippen LogP contribution in [0.4, 0.5) is 10.1 Å². The Hall–Kier alpha value is -1.42. The second kappa shape index (κ2) is 6.50. The Morgan fingerprint density at radius 3 is 2.61 bits per heavy atom. The zero-order valence-corrected chi connectivity index (χ0v) is 11.0. The van der Waals surface area contributed by atoms with Crippen LogP contribution in [0, 0.1) is 11.7 Å². The molecular weight excluding hydrogens is 233 g/mol. The second-order valence-corrected chi connectivity index (χ2v) is 4.72. The SMILES string of the molecule is CCc1ccc(NC(=O)CC(O)C(C)C)cc1F. The van der Waals surface area contributed by atoms with Crippen molar-refractivity contribution >= 4 is 11.6 Å². The molecule has 1 amide bonds. The molecule has 4 heteroatoms. The molecule has 0 bridgehead atoms. The molecule has 0 aliphatic heterocycles. The number of carbonyl (C=O) groups excluding carboxylic acids is 1. The fourth-order valence-corrected chi connectivity index (χ4v) is 1.55. The third kappa shape index (κ3) is 4.11. The molecule has 0 saturated carbocycles. The standard InChI is InChI=1S/C14H20FNO2/c1-4-10-5-6-11(7-12(10)15)16-14(18)8-13(17)9(2)3/h5-7,9,13,17H,4,8H2,1-3H3,(H,16,18). The minimum absolute atomic E-state index is 0.0226. The van der Waals surface area contributed by atoms with Crippen molar-refractivity contribution in [1.29, 1.82) is 0 Å². The molecule has 1 aromatic rings. The highest BCUT2D eigenvalue weighted by molar-refractivity contribution is 5.91. The first-order valence-corrected chi connectivity index (χ1v) is 6.20. The summed E-state index contributed by atoms with van der Waals surface area (Å²) in [6.45, 7) is 5.55. The van der Waals surface area contributed by atoms with Gasteiger partial charge in [-0.1, -0.05) is 26.8 Å². The molecule has 0 aliphatic carbocycles. The number of carbonyl (C=O) groups is 1. The average molecular weight is 253 g/mol. The summed E-state index contributed by atoms with van der Waals surface area (Å²) in [6.07, 6.45) is -0.0363. The number of aryl methyl sites for hydroxylation is 1. The van der Waals surface area contributed by atoms with Gasteiger partial charge in [0.1, 0.15) is 5.82 Å². The molecule has 18 heavy (non-hydrogen) atoms. The average Bonchev–Trinajstić information content (AvgIpc) is 2.28. The number of anilines is 1. The molecule has 0 aromatic heterocycles. The van der Waals surface area contributed by atoms with Crippen LogP contribution >= 0.6 is 0 Å². The van der Waals surface area contributed by atoms with E-state index in [2.05, 4.69) is 5.32 Å². The number of nitrogens with one attached hydrogen (secondary N) is 1. The van der Waals surface area contributed by atoms with Crippen LogP contribution in [0.15, 0.2) is 18.2 Å². The van der Waals surface area contributed by atoms with Gasteiger partial charge in [-0.05, 0) is 30.0 Å². The molecule has 0 radical (unpaired) electrons. The summed E-state index contributed by atoms with van der Waals surface area (Å²) < 4.78 is 13.5. The summed E-state index contributed by atoms with van der Waals surface area (Å²) >= 11 is 0. The van der Waals surface area contributed by atoms with Gasteiger partial charge in [-0.2, -0.15) is 0 Å². The maximum absolute atomic E-state index is 13.5. The molecule has 1 aromatic carbocycles. The zero-order valence-electron chi connectivity index (χ0n) is 11.0. The minimum Gasteiger partial charge on any atom is -0.392 e. The van der Waals surface area contributed by atoms with E-state index in [-0.39, 0.29) is 24.1 Å². The first kappa shape index (κ1) is 14.6. The van der Waals surface area contributed by atoms with Crippen molar-refractivity contribution in [2.75, 3.05) is 5.32 Å². The molecule has 1 atom stereocenters. The number of halogens is 1. The van der Waals surface area contributed by atoms with Gasteiger partial charge < -0.3 is 10.4 Å². The van der Waals surface area contributed by atoms with Crippen molar-refractivity contribution in [3.63, 3.8) is 0 Å². The Bertz CT molecular complexity index is 418. The van der Waals surface area contributed by atoms with Crippen LogP contribution in [0.25, 0.3) is 0 Å². The van der Waals surface area contributed by atoms with Gasteiger partial charge in [0.15, 0.2) is 0 Å². The maximum Gasteiger partial charge on any atom is 0.226 e. The van der Waals surface area contributed by atoms with Crippen molar-refractivity contribution in [2.24, 2.45) is 5.92 Å². The van der Waals surface area contributed by atoms with Crippen molar-refractivity contribution in [1.82, 2.24) is 0 Å². The van der Waals surface area contributed by atoms with Gasteiger partial charge >= 0.3 is 0 Å². The zero-order chi connectivity index (χ0) is 13.7. The Kier molecular flexibility index (Phi) is 5.28. The quantitative estimate of drug-likeness (QED) is 0.847. The first-order valence-electron chi connectivity index (χ1n) is 6.20. The van der Waals surface area contributed by atoms with E-state index in [1.807, 2.05) is 20.8 Å². The van der Waals surface area contributed by atoms with Crippen molar-refractivity contribution in [3.8, 4) is 0 Å². The Balaban J connectivity index is 2.62. The van der Waals surface area contributed by atoms with Gasteiger partial charge in [-0.3, -0.25) is 4.79 Å². The lowest BCUT2D eigenvalue weighted by Gasteiger charge is -2.14. The lowest BCUT2D eigenvalue weighted by Crippen LogP contribution is -2.23. The summed E-state index contributed by atoms with van der Waals surface area (Å²) in [7, 11) is 0. The molecule has 0 spiro atoms. The largest absolute Gasteiger partial charge is 0.392 e. The van der Waals surface area contributed by atoms with Crippen LogP contribution in [-0.2, 0) is 11.2 Å². The van der Waals surface area contributed by atoms with Gasteiger partial charge in [-0.25, -0.2) is 4.39 Å². The number of hydrogen-bond donors (Lipinski definition) is 2. The molecule has 0 fully saturated rings. The van der Waals surface area contributed by atoms with E-state index >= 15 is 0 Å². The summed E-state index contributed by atoms with van der Waals surface area (Å²) in [5, 5.41) is 12.2. The van der Waals surface area contributed by atoms with Crippen LogP contribution in [0.1, 0.15) is 32.8 Å². The van der Waals surface area contributed by atoms with Crippen molar-refractivity contribution < 1.29 is 14.3 Å². The van der Waals surface area contributed by atoms with Gasteiger partial charge in [0.05, 0.1) is 12.5 Å². The number of amides is 1. The highest BCUT2D eigenvalue weighted by atomic mass is 19.1. The monoisotopic (exact) mass is 253 g/mol. The van der Waals surface area contributed by atoms with Gasteiger partial charge in [-0.15, -0.1) is 0 Å². The summed E-state index contributed by atoms with van der Waals surface area (Å²) in [5.74, 6) is -0.602. The third-order valence-corrected chi connectivity index (χ3v) is 2.88. The summed E-state index contributed by atoms with van der Waals surface area (Å²) in [6, 6.07) is 4.63. The highest BCUT2D eigenvalue weighted by Crippen LogP contribution is 2.16.